The summed E-state index contributed by atoms with van der Waals surface area (Å²) in [5.41, 5.74) is 5.88. The molecule has 0 saturated carbocycles. The number of carbonyl (C=O) groups is 3. The monoisotopic (exact) mass is 397 g/mol. The van der Waals surface area contributed by atoms with Crippen LogP contribution in [0.5, 0.6) is 0 Å². The van der Waals surface area contributed by atoms with Crippen molar-refractivity contribution in [2.45, 2.75) is 24.8 Å². The summed E-state index contributed by atoms with van der Waals surface area (Å²) in [6.45, 7) is 1.83. The van der Waals surface area contributed by atoms with E-state index in [2.05, 4.69) is 15.5 Å². The zero-order chi connectivity index (χ0) is 19.0. The average molecular weight is 397 g/mol. The number of hydrogen-bond acceptors (Lipinski definition) is 9. The van der Waals surface area contributed by atoms with E-state index >= 15 is 0 Å². The molecular formula is C14H15N5O5S2. The number of rotatable bonds is 5. The van der Waals surface area contributed by atoms with Crippen molar-refractivity contribution in [2.24, 2.45) is 5.16 Å². The van der Waals surface area contributed by atoms with Crippen LogP contribution in [0.3, 0.4) is 0 Å². The van der Waals surface area contributed by atoms with Gasteiger partial charge in [0.15, 0.2) is 10.8 Å². The molecule has 10 nitrogen and oxygen atoms in total. The minimum Gasteiger partial charge on any atom is -0.477 e. The van der Waals surface area contributed by atoms with Crippen LogP contribution in [0.1, 0.15) is 19.0 Å². The van der Waals surface area contributed by atoms with Crippen molar-refractivity contribution < 1.29 is 24.7 Å². The lowest BCUT2D eigenvalue weighted by Gasteiger charge is -2.49. The zero-order valence-electron chi connectivity index (χ0n) is 13.5. The minimum atomic E-state index is -1.17. The molecule has 12 heteroatoms. The Bertz CT molecular complexity index is 849. The molecule has 138 valence electrons. The molecular weight excluding hydrogens is 382 g/mol. The van der Waals surface area contributed by atoms with Crippen molar-refractivity contribution >= 4 is 51.7 Å². The maximum absolute atomic E-state index is 12.4. The minimum absolute atomic E-state index is 0.0185. The number of anilines is 1. The Kier molecular flexibility index (Phi) is 4.87. The molecule has 0 radical (unpaired) electrons. The Morgan fingerprint density at radius 2 is 2.27 bits per heavy atom. The summed E-state index contributed by atoms with van der Waals surface area (Å²) < 4.78 is 0. The Morgan fingerprint density at radius 1 is 1.54 bits per heavy atom. The molecule has 1 fully saturated rings. The number of nitrogens with two attached hydrogens (primary N) is 1. The number of thioether (sulfide) groups is 1. The van der Waals surface area contributed by atoms with Crippen molar-refractivity contribution in [3.05, 3.63) is 22.3 Å². The van der Waals surface area contributed by atoms with E-state index in [0.717, 1.165) is 11.3 Å². The molecule has 3 heterocycles. The number of carboxylic acid groups (broad SMARTS) is 1. The number of oxime groups is 1. The number of hydrogen-bond donors (Lipinski definition) is 4. The maximum atomic E-state index is 12.4. The lowest BCUT2D eigenvalue weighted by Crippen LogP contribution is -2.71. The second-order valence-electron chi connectivity index (χ2n) is 5.49. The predicted octanol–water partition coefficient (Wildman–Crippen LogP) is 0.0522. The van der Waals surface area contributed by atoms with E-state index in [9.17, 15) is 19.5 Å². The van der Waals surface area contributed by atoms with Gasteiger partial charge in [-0.05, 0) is 12.0 Å². The predicted molar refractivity (Wildman–Crippen MR) is 94.8 cm³/mol. The molecule has 26 heavy (non-hydrogen) atoms. The average Bonchev–Trinajstić information content (AvgIpc) is 3.04. The molecule has 3 rings (SSSR count). The first kappa shape index (κ1) is 18.2. The summed E-state index contributed by atoms with van der Waals surface area (Å²) in [6.07, 6.45) is 0.523. The van der Waals surface area contributed by atoms with Gasteiger partial charge in [0.2, 0.25) is 0 Å². The molecule has 1 aromatic rings. The standard InChI is InChI=1S/C14H15N5O5S2/c1-2-5-3-25-12-8(11(21)19(12)9(5)13(22)23)17-10(20)7(18-24)6-4-26-14(15)16-6/h4,8,12,24H,2-3H2,1H3,(H2,15,16)(H,17,20)(H,22,23)/b18-7+/t8-,12-/m1/s1. The Hall–Kier alpha value is -2.60. The van der Waals surface area contributed by atoms with Crippen LogP contribution >= 0.6 is 23.1 Å². The van der Waals surface area contributed by atoms with E-state index < -0.39 is 29.2 Å². The summed E-state index contributed by atoms with van der Waals surface area (Å²) in [6, 6.07) is -0.909. The van der Waals surface area contributed by atoms with E-state index in [1.807, 2.05) is 6.92 Å². The molecule has 2 amide bonds. The molecule has 2 atom stereocenters. The van der Waals surface area contributed by atoms with Crippen LogP contribution < -0.4 is 11.1 Å². The third-order valence-electron chi connectivity index (χ3n) is 4.04. The normalized spacial score (nSPS) is 22.7. The highest BCUT2D eigenvalue weighted by Gasteiger charge is 2.54. The number of thiazole rings is 1. The highest BCUT2D eigenvalue weighted by atomic mass is 32.2. The number of nitrogens with zero attached hydrogens (tertiary/aromatic N) is 3. The van der Waals surface area contributed by atoms with Gasteiger partial charge in [-0.15, -0.1) is 23.1 Å². The van der Waals surface area contributed by atoms with Gasteiger partial charge < -0.3 is 21.4 Å². The summed E-state index contributed by atoms with van der Waals surface area (Å²) in [5.74, 6) is -2.02. The summed E-state index contributed by atoms with van der Waals surface area (Å²) in [7, 11) is 0. The summed E-state index contributed by atoms with van der Waals surface area (Å²) >= 11 is 2.45. The Labute approximate surface area is 155 Å². The number of nitrogens with one attached hydrogen (secondary N) is 1. The van der Waals surface area contributed by atoms with Crippen molar-refractivity contribution in [1.29, 1.82) is 0 Å². The number of amides is 2. The lowest BCUT2D eigenvalue weighted by atomic mass is 10.0. The summed E-state index contributed by atoms with van der Waals surface area (Å²) in [4.78, 5) is 41.4. The Morgan fingerprint density at radius 3 is 2.81 bits per heavy atom. The van der Waals surface area contributed by atoms with Gasteiger partial charge >= 0.3 is 5.97 Å². The van der Waals surface area contributed by atoms with Crippen molar-refractivity contribution in [2.75, 3.05) is 11.5 Å². The number of fused-ring (bicyclic) bond motifs is 1. The molecule has 0 unspecified atom stereocenters. The van der Waals surface area contributed by atoms with Crippen LogP contribution in [0.4, 0.5) is 5.13 Å². The van der Waals surface area contributed by atoms with Gasteiger partial charge in [0.1, 0.15) is 22.8 Å². The van der Waals surface area contributed by atoms with Gasteiger partial charge in [0.05, 0.1) is 0 Å². The SMILES string of the molecule is CCC1=C(C(=O)O)N2C(=O)[C@@H](NC(=O)/C(=N/O)c3csc(N)n3)[C@H]2SC1. The van der Waals surface area contributed by atoms with Crippen LogP contribution in [0, 0.1) is 0 Å². The first-order valence-corrected chi connectivity index (χ1v) is 9.46. The van der Waals surface area contributed by atoms with Crippen molar-refractivity contribution in [3.63, 3.8) is 0 Å². The second kappa shape index (κ2) is 6.96. The fraction of sp³-hybridized carbons (Fsp3) is 0.357. The number of carboxylic acids is 1. The van der Waals surface area contributed by atoms with E-state index in [1.165, 1.54) is 22.0 Å². The van der Waals surface area contributed by atoms with Gasteiger partial charge in [0, 0.05) is 11.1 Å². The molecule has 0 aliphatic carbocycles. The van der Waals surface area contributed by atoms with Crippen LogP contribution in [0.25, 0.3) is 0 Å². The molecule has 0 bridgehead atoms. The third-order valence-corrected chi connectivity index (χ3v) is 6.06. The molecule has 1 aromatic heterocycles. The molecule has 1 saturated heterocycles. The quantitative estimate of drug-likeness (QED) is 0.235. The van der Waals surface area contributed by atoms with Gasteiger partial charge in [0.25, 0.3) is 11.8 Å². The van der Waals surface area contributed by atoms with E-state index in [-0.39, 0.29) is 22.2 Å². The molecule has 0 aromatic carbocycles. The highest BCUT2D eigenvalue weighted by Crippen LogP contribution is 2.41. The Balaban J connectivity index is 1.77. The highest BCUT2D eigenvalue weighted by molar-refractivity contribution is 8.00. The second-order valence-corrected chi connectivity index (χ2v) is 7.49. The van der Waals surface area contributed by atoms with Gasteiger partial charge in [-0.3, -0.25) is 14.5 Å². The van der Waals surface area contributed by atoms with Gasteiger partial charge in [-0.25, -0.2) is 9.78 Å². The van der Waals surface area contributed by atoms with Gasteiger partial charge in [-0.2, -0.15) is 0 Å². The zero-order valence-corrected chi connectivity index (χ0v) is 15.1. The number of aromatic nitrogens is 1. The van der Waals surface area contributed by atoms with Crippen molar-refractivity contribution in [3.8, 4) is 0 Å². The molecule has 2 aliphatic heterocycles. The van der Waals surface area contributed by atoms with E-state index in [0.29, 0.717) is 17.7 Å². The van der Waals surface area contributed by atoms with Crippen LogP contribution in [-0.2, 0) is 14.4 Å². The maximum Gasteiger partial charge on any atom is 0.352 e. The lowest BCUT2D eigenvalue weighted by molar-refractivity contribution is -0.150. The third kappa shape index (κ3) is 2.90. The first-order valence-electron chi connectivity index (χ1n) is 7.53. The smallest absolute Gasteiger partial charge is 0.352 e. The number of carbonyl (C=O) groups excluding carboxylic acids is 2. The van der Waals surface area contributed by atoms with Crippen LogP contribution in [0.2, 0.25) is 0 Å². The largest absolute Gasteiger partial charge is 0.477 e. The van der Waals surface area contributed by atoms with E-state index in [4.69, 9.17) is 10.9 Å². The van der Waals surface area contributed by atoms with E-state index in [1.54, 1.807) is 0 Å². The first-order chi connectivity index (χ1) is 12.4. The topological polar surface area (TPSA) is 158 Å². The fourth-order valence-corrected chi connectivity index (χ4v) is 4.77. The van der Waals surface area contributed by atoms with Crippen molar-refractivity contribution in [1.82, 2.24) is 15.2 Å². The van der Waals surface area contributed by atoms with Crippen LogP contribution in [0.15, 0.2) is 21.8 Å². The molecule has 0 spiro atoms. The van der Waals surface area contributed by atoms with Crippen LogP contribution in [-0.4, -0.2) is 60.9 Å². The molecule has 5 N–H and O–H groups in total. The summed E-state index contributed by atoms with van der Waals surface area (Å²) in [5, 5.41) is 25.1. The number of nitrogen functional groups attached to an aromatic ring is 1. The molecule has 2 aliphatic rings. The number of β-lactam (4-membered cyclic amide) rings is 1. The fourth-order valence-electron chi connectivity index (χ4n) is 2.77. The number of aliphatic carboxylic acids is 1. The van der Waals surface area contributed by atoms with Gasteiger partial charge in [-0.1, -0.05) is 12.1 Å².